The van der Waals surface area contributed by atoms with Crippen LogP contribution in [0, 0.1) is 6.92 Å². The van der Waals surface area contributed by atoms with Crippen molar-refractivity contribution < 1.29 is 4.52 Å². The van der Waals surface area contributed by atoms with E-state index in [-0.39, 0.29) is 0 Å². The molecule has 124 valence electrons. The van der Waals surface area contributed by atoms with Crippen LogP contribution in [0.5, 0.6) is 0 Å². The second-order valence-electron chi connectivity index (χ2n) is 5.34. The summed E-state index contributed by atoms with van der Waals surface area (Å²) in [6, 6.07) is 17.9. The minimum absolute atomic E-state index is 0.532. The summed E-state index contributed by atoms with van der Waals surface area (Å²) in [6.45, 7) is 1.80. The minimum atomic E-state index is 0.532. The van der Waals surface area contributed by atoms with Crippen LogP contribution >= 0.6 is 11.8 Å². The summed E-state index contributed by atoms with van der Waals surface area (Å²) in [5.74, 6) is 1.92. The normalized spacial score (nSPS) is 10.9. The number of aromatic nitrogens is 6. The van der Waals surface area contributed by atoms with Crippen LogP contribution in [-0.2, 0) is 5.75 Å². The maximum Gasteiger partial charge on any atom is 0.257 e. The molecule has 25 heavy (non-hydrogen) atoms. The molecule has 0 unspecified atom stereocenters. The third kappa shape index (κ3) is 3.43. The van der Waals surface area contributed by atoms with Crippen LogP contribution in [0.1, 0.15) is 11.4 Å². The fourth-order valence-corrected chi connectivity index (χ4v) is 3.15. The highest BCUT2D eigenvalue weighted by molar-refractivity contribution is 7.98. The first-order valence-electron chi connectivity index (χ1n) is 7.66. The highest BCUT2D eigenvalue weighted by Gasteiger charge is 2.10. The summed E-state index contributed by atoms with van der Waals surface area (Å²) in [4.78, 5) is 4.23. The predicted octanol–water partition coefficient (Wildman–Crippen LogP) is 3.31. The third-order valence-electron chi connectivity index (χ3n) is 3.54. The molecular formula is C17H14N6OS. The van der Waals surface area contributed by atoms with Gasteiger partial charge in [0.2, 0.25) is 5.16 Å². The van der Waals surface area contributed by atoms with Crippen molar-refractivity contribution in [3.63, 3.8) is 0 Å². The lowest BCUT2D eigenvalue weighted by molar-refractivity contribution is 0.425. The van der Waals surface area contributed by atoms with Crippen LogP contribution in [0.3, 0.4) is 0 Å². The smallest absolute Gasteiger partial charge is 0.257 e. The monoisotopic (exact) mass is 350 g/mol. The summed E-state index contributed by atoms with van der Waals surface area (Å²) >= 11 is 1.58. The SMILES string of the molecule is Cc1noc(-c2ccc(CSc3nnnn3-c3ccccc3)cc2)n1. The summed E-state index contributed by atoms with van der Waals surface area (Å²) in [6.07, 6.45) is 0. The van der Waals surface area contributed by atoms with Gasteiger partial charge in [0.05, 0.1) is 5.69 Å². The second-order valence-corrected chi connectivity index (χ2v) is 6.28. The fourth-order valence-electron chi connectivity index (χ4n) is 2.31. The van der Waals surface area contributed by atoms with Crippen LogP contribution in [-0.4, -0.2) is 30.3 Å². The first kappa shape index (κ1) is 15.5. The van der Waals surface area contributed by atoms with Crippen LogP contribution in [0.25, 0.3) is 17.1 Å². The van der Waals surface area contributed by atoms with Gasteiger partial charge in [-0.1, -0.05) is 47.3 Å². The van der Waals surface area contributed by atoms with Crippen molar-refractivity contribution in [2.45, 2.75) is 17.8 Å². The Morgan fingerprint density at radius 3 is 2.56 bits per heavy atom. The van der Waals surface area contributed by atoms with Gasteiger partial charge in [-0.3, -0.25) is 0 Å². The first-order chi connectivity index (χ1) is 12.3. The first-order valence-corrected chi connectivity index (χ1v) is 8.64. The molecule has 0 saturated carbocycles. The van der Waals surface area contributed by atoms with Crippen molar-refractivity contribution in [2.24, 2.45) is 0 Å². The van der Waals surface area contributed by atoms with E-state index in [2.05, 4.69) is 25.7 Å². The van der Waals surface area contributed by atoms with Gasteiger partial charge in [-0.05, 0) is 47.2 Å². The van der Waals surface area contributed by atoms with E-state index in [1.165, 1.54) is 0 Å². The fraction of sp³-hybridized carbons (Fsp3) is 0.118. The molecule has 8 heteroatoms. The number of hydrogen-bond donors (Lipinski definition) is 0. The number of nitrogens with zero attached hydrogens (tertiary/aromatic N) is 6. The predicted molar refractivity (Wildman–Crippen MR) is 93.2 cm³/mol. The number of rotatable bonds is 5. The van der Waals surface area contributed by atoms with Gasteiger partial charge >= 0.3 is 0 Å². The van der Waals surface area contributed by atoms with Crippen LogP contribution in [0.4, 0.5) is 0 Å². The average Bonchev–Trinajstić information content (AvgIpc) is 3.30. The summed E-state index contributed by atoms with van der Waals surface area (Å²) in [5.41, 5.74) is 3.01. The Bertz CT molecular complexity index is 964. The minimum Gasteiger partial charge on any atom is -0.334 e. The van der Waals surface area contributed by atoms with Gasteiger partial charge in [0.1, 0.15) is 0 Å². The topological polar surface area (TPSA) is 82.5 Å². The van der Waals surface area contributed by atoms with Crippen molar-refractivity contribution >= 4 is 11.8 Å². The largest absolute Gasteiger partial charge is 0.334 e. The molecule has 0 aliphatic rings. The number of tetrazole rings is 1. The average molecular weight is 350 g/mol. The number of benzene rings is 2. The molecule has 0 N–H and O–H groups in total. The van der Waals surface area contributed by atoms with Gasteiger partial charge < -0.3 is 4.52 Å². The summed E-state index contributed by atoms with van der Waals surface area (Å²) < 4.78 is 6.91. The molecule has 4 aromatic rings. The molecule has 0 amide bonds. The van der Waals surface area contributed by atoms with Crippen molar-refractivity contribution in [3.8, 4) is 17.1 Å². The van der Waals surface area contributed by atoms with E-state index in [0.717, 1.165) is 27.7 Å². The molecule has 2 heterocycles. The quantitative estimate of drug-likeness (QED) is 0.511. The molecular weight excluding hydrogens is 336 g/mol. The zero-order valence-electron chi connectivity index (χ0n) is 13.4. The molecule has 0 radical (unpaired) electrons. The molecule has 0 bridgehead atoms. The van der Waals surface area contributed by atoms with E-state index in [1.807, 2.05) is 54.6 Å². The van der Waals surface area contributed by atoms with Crippen molar-refractivity contribution in [1.29, 1.82) is 0 Å². The Labute approximate surface area is 148 Å². The van der Waals surface area contributed by atoms with Crippen molar-refractivity contribution in [2.75, 3.05) is 0 Å². The van der Waals surface area contributed by atoms with Gasteiger partial charge in [-0.15, -0.1) is 5.10 Å². The molecule has 7 nitrogen and oxygen atoms in total. The lowest BCUT2D eigenvalue weighted by atomic mass is 10.1. The lowest BCUT2D eigenvalue weighted by Crippen LogP contribution is -1.98. The zero-order valence-corrected chi connectivity index (χ0v) is 14.2. The van der Waals surface area contributed by atoms with Gasteiger partial charge in [0.15, 0.2) is 5.82 Å². The Balaban J connectivity index is 1.47. The van der Waals surface area contributed by atoms with Gasteiger partial charge in [-0.2, -0.15) is 9.67 Å². The van der Waals surface area contributed by atoms with E-state index in [1.54, 1.807) is 23.4 Å². The van der Waals surface area contributed by atoms with Crippen LogP contribution in [0.2, 0.25) is 0 Å². The number of thioether (sulfide) groups is 1. The summed E-state index contributed by atoms with van der Waals surface area (Å²) in [7, 11) is 0. The second kappa shape index (κ2) is 6.86. The molecule has 0 aliphatic carbocycles. The maximum absolute atomic E-state index is 5.18. The standard InChI is InChI=1S/C17H14N6OS/c1-12-18-16(24-20-12)14-9-7-13(8-10-14)11-25-17-19-21-22-23(17)15-5-3-2-4-6-15/h2-10H,11H2,1H3. The number of para-hydroxylation sites is 1. The van der Waals surface area contributed by atoms with Crippen molar-refractivity contribution in [3.05, 3.63) is 66.0 Å². The number of aryl methyl sites for hydroxylation is 1. The van der Waals surface area contributed by atoms with E-state index in [0.29, 0.717) is 11.7 Å². The molecule has 0 saturated heterocycles. The van der Waals surface area contributed by atoms with Gasteiger partial charge in [-0.25, -0.2) is 0 Å². The Kier molecular flexibility index (Phi) is 4.26. The Morgan fingerprint density at radius 1 is 1.04 bits per heavy atom. The zero-order chi connectivity index (χ0) is 17.1. The highest BCUT2D eigenvalue weighted by atomic mass is 32.2. The molecule has 2 aromatic heterocycles. The molecule has 0 spiro atoms. The number of hydrogen-bond acceptors (Lipinski definition) is 7. The van der Waals surface area contributed by atoms with E-state index < -0.39 is 0 Å². The molecule has 0 fully saturated rings. The van der Waals surface area contributed by atoms with E-state index in [4.69, 9.17) is 4.52 Å². The summed E-state index contributed by atoms with van der Waals surface area (Å²) in [5, 5.41) is 16.5. The van der Waals surface area contributed by atoms with Crippen LogP contribution in [0.15, 0.2) is 64.3 Å². The van der Waals surface area contributed by atoms with E-state index >= 15 is 0 Å². The van der Waals surface area contributed by atoms with Gasteiger partial charge in [0, 0.05) is 11.3 Å². The van der Waals surface area contributed by atoms with Crippen molar-refractivity contribution in [1.82, 2.24) is 30.3 Å². The maximum atomic E-state index is 5.18. The third-order valence-corrected chi connectivity index (χ3v) is 4.53. The van der Waals surface area contributed by atoms with Crippen LogP contribution < -0.4 is 0 Å². The molecule has 0 aliphatic heterocycles. The van der Waals surface area contributed by atoms with E-state index in [9.17, 15) is 0 Å². The lowest BCUT2D eigenvalue weighted by Gasteiger charge is -2.04. The highest BCUT2D eigenvalue weighted by Crippen LogP contribution is 2.24. The van der Waals surface area contributed by atoms with Gasteiger partial charge in [0.25, 0.3) is 5.89 Å². The molecule has 2 aromatic carbocycles. The Hall–Kier alpha value is -3.00. The molecule has 4 rings (SSSR count). The Morgan fingerprint density at radius 2 is 1.84 bits per heavy atom. The molecule has 0 atom stereocenters.